The largest absolute Gasteiger partial charge is 0.294 e. The molecule has 0 spiro atoms. The van der Waals surface area contributed by atoms with Crippen molar-refractivity contribution in [1.82, 2.24) is 5.43 Å². The van der Waals surface area contributed by atoms with Gasteiger partial charge in [-0.2, -0.15) is 12.6 Å². The van der Waals surface area contributed by atoms with Gasteiger partial charge in [0.25, 0.3) is 0 Å². The molecule has 0 saturated heterocycles. The van der Waals surface area contributed by atoms with E-state index in [2.05, 4.69) is 31.9 Å². The molecule has 4 heteroatoms. The zero-order valence-corrected chi connectivity index (χ0v) is 11.2. The summed E-state index contributed by atoms with van der Waals surface area (Å²) in [6.45, 7) is 8.17. The van der Waals surface area contributed by atoms with Crippen molar-refractivity contribution in [3.63, 3.8) is 0 Å². The van der Waals surface area contributed by atoms with Crippen molar-refractivity contribution < 1.29 is 4.79 Å². The van der Waals surface area contributed by atoms with E-state index >= 15 is 0 Å². The van der Waals surface area contributed by atoms with Crippen LogP contribution in [0.4, 0.5) is 0 Å². The predicted octanol–water partition coefficient (Wildman–Crippen LogP) is 2.13. The highest BCUT2D eigenvalue weighted by atomic mass is 32.1. The van der Waals surface area contributed by atoms with Crippen molar-refractivity contribution in [2.75, 3.05) is 5.75 Å². The Morgan fingerprint density at radius 1 is 1.40 bits per heavy atom. The van der Waals surface area contributed by atoms with Crippen LogP contribution < -0.4 is 11.3 Å². The summed E-state index contributed by atoms with van der Waals surface area (Å²) in [4.78, 5) is 11.6. The summed E-state index contributed by atoms with van der Waals surface area (Å²) >= 11 is 4.38. The van der Waals surface area contributed by atoms with E-state index < -0.39 is 5.41 Å². The van der Waals surface area contributed by atoms with Crippen molar-refractivity contribution in [1.29, 1.82) is 0 Å². The van der Waals surface area contributed by atoms with Gasteiger partial charge in [0.1, 0.15) is 0 Å². The molecule has 90 valence electrons. The Kier molecular flexibility index (Phi) is 5.67. The van der Waals surface area contributed by atoms with Gasteiger partial charge in [0.2, 0.25) is 5.91 Å². The second kappa shape index (κ2) is 5.75. The fraction of sp³-hybridized carbons (Fsp3) is 0.909. The highest BCUT2D eigenvalue weighted by molar-refractivity contribution is 7.80. The fourth-order valence-electron chi connectivity index (χ4n) is 2.17. The molecule has 3 nitrogen and oxygen atoms in total. The van der Waals surface area contributed by atoms with Crippen LogP contribution in [-0.4, -0.2) is 11.7 Å². The van der Waals surface area contributed by atoms with Crippen molar-refractivity contribution in [2.45, 2.75) is 47.0 Å². The lowest BCUT2D eigenvalue weighted by atomic mass is 9.72. The number of carbonyl (C=O) groups is 1. The molecule has 0 aliphatic carbocycles. The number of amides is 1. The molecular weight excluding hydrogens is 208 g/mol. The Bertz CT molecular complexity index is 219. The first-order chi connectivity index (χ1) is 6.81. The first-order valence-electron chi connectivity index (χ1n) is 5.43. The molecule has 0 saturated carbocycles. The van der Waals surface area contributed by atoms with Crippen LogP contribution in [-0.2, 0) is 4.79 Å². The number of thiol groups is 1. The van der Waals surface area contributed by atoms with Gasteiger partial charge in [-0.1, -0.05) is 34.1 Å². The molecule has 0 fully saturated rings. The van der Waals surface area contributed by atoms with E-state index in [9.17, 15) is 4.79 Å². The van der Waals surface area contributed by atoms with Gasteiger partial charge in [-0.25, -0.2) is 5.84 Å². The van der Waals surface area contributed by atoms with Crippen molar-refractivity contribution in [3.8, 4) is 0 Å². The maximum Gasteiger partial charge on any atom is 0.239 e. The zero-order chi connectivity index (χ0) is 12.1. The minimum absolute atomic E-state index is 0.105. The van der Waals surface area contributed by atoms with Gasteiger partial charge < -0.3 is 0 Å². The number of nitrogens with two attached hydrogens (primary N) is 1. The smallest absolute Gasteiger partial charge is 0.239 e. The summed E-state index contributed by atoms with van der Waals surface area (Å²) in [6.07, 6.45) is 3.00. The molecule has 1 amide bonds. The van der Waals surface area contributed by atoms with Gasteiger partial charge in [-0.3, -0.25) is 10.2 Å². The van der Waals surface area contributed by atoms with Crippen LogP contribution in [0.2, 0.25) is 0 Å². The van der Waals surface area contributed by atoms with Gasteiger partial charge in [0.15, 0.2) is 0 Å². The Balaban J connectivity index is 4.59. The summed E-state index contributed by atoms with van der Waals surface area (Å²) in [5, 5.41) is 0. The standard InChI is InChI=1S/C11H24N2OS/c1-5-6-11(4,8-15)7-10(2,3)9(14)13-12/h15H,5-8,12H2,1-4H3,(H,13,14). The SMILES string of the molecule is CCCC(C)(CS)CC(C)(C)C(=O)NN. The molecule has 0 heterocycles. The van der Waals surface area contributed by atoms with Crippen LogP contribution in [0.5, 0.6) is 0 Å². The average Bonchev–Trinajstić information content (AvgIpc) is 2.16. The molecule has 15 heavy (non-hydrogen) atoms. The number of nitrogens with one attached hydrogen (secondary N) is 1. The summed E-state index contributed by atoms with van der Waals surface area (Å²) in [7, 11) is 0. The van der Waals surface area contributed by atoms with Gasteiger partial charge in [0.05, 0.1) is 0 Å². The van der Waals surface area contributed by atoms with Crippen LogP contribution >= 0.6 is 12.6 Å². The molecule has 3 N–H and O–H groups in total. The second-order valence-corrected chi connectivity index (χ2v) is 5.57. The molecule has 0 aromatic heterocycles. The fourth-order valence-corrected chi connectivity index (χ4v) is 2.44. The van der Waals surface area contributed by atoms with E-state index in [0.29, 0.717) is 0 Å². The topological polar surface area (TPSA) is 55.1 Å². The van der Waals surface area contributed by atoms with E-state index in [1.54, 1.807) is 0 Å². The molecule has 1 atom stereocenters. The maximum absolute atomic E-state index is 11.6. The van der Waals surface area contributed by atoms with E-state index in [-0.39, 0.29) is 11.3 Å². The van der Waals surface area contributed by atoms with Crippen LogP contribution in [0.25, 0.3) is 0 Å². The lowest BCUT2D eigenvalue weighted by molar-refractivity contribution is -0.131. The normalized spacial score (nSPS) is 15.9. The quantitative estimate of drug-likeness (QED) is 0.284. The number of hydrazine groups is 1. The number of hydrogen-bond donors (Lipinski definition) is 3. The number of rotatable bonds is 6. The lowest BCUT2D eigenvalue weighted by Gasteiger charge is -2.35. The first-order valence-corrected chi connectivity index (χ1v) is 6.06. The molecule has 1 unspecified atom stereocenters. The third kappa shape index (κ3) is 4.43. The number of hydrogen-bond acceptors (Lipinski definition) is 3. The molecular formula is C11H24N2OS. The minimum atomic E-state index is -0.429. The molecule has 0 aliphatic rings. The van der Waals surface area contributed by atoms with Crippen LogP contribution in [0.15, 0.2) is 0 Å². The Morgan fingerprint density at radius 3 is 2.27 bits per heavy atom. The van der Waals surface area contributed by atoms with E-state index in [4.69, 9.17) is 5.84 Å². The highest BCUT2D eigenvalue weighted by Crippen LogP contribution is 2.38. The Labute approximate surface area is 98.6 Å². The van der Waals surface area contributed by atoms with Gasteiger partial charge in [-0.15, -0.1) is 0 Å². The summed E-state index contributed by atoms with van der Waals surface area (Å²) < 4.78 is 0. The minimum Gasteiger partial charge on any atom is -0.294 e. The van der Waals surface area contributed by atoms with E-state index in [1.807, 2.05) is 13.8 Å². The molecule has 0 radical (unpaired) electrons. The molecule has 0 rings (SSSR count). The van der Waals surface area contributed by atoms with Crippen molar-refractivity contribution in [3.05, 3.63) is 0 Å². The third-order valence-electron chi connectivity index (χ3n) is 2.85. The van der Waals surface area contributed by atoms with Crippen molar-refractivity contribution in [2.24, 2.45) is 16.7 Å². The molecule has 0 aromatic rings. The Hall–Kier alpha value is -0.220. The predicted molar refractivity (Wildman–Crippen MR) is 67.6 cm³/mol. The third-order valence-corrected chi connectivity index (χ3v) is 3.61. The van der Waals surface area contributed by atoms with Crippen LogP contribution in [0, 0.1) is 10.8 Å². The monoisotopic (exact) mass is 232 g/mol. The van der Waals surface area contributed by atoms with Gasteiger partial charge in [-0.05, 0) is 24.0 Å². The number of carbonyl (C=O) groups excluding carboxylic acids is 1. The van der Waals surface area contributed by atoms with E-state index in [1.165, 1.54) is 0 Å². The zero-order valence-electron chi connectivity index (χ0n) is 10.3. The second-order valence-electron chi connectivity index (χ2n) is 5.25. The average molecular weight is 232 g/mol. The van der Waals surface area contributed by atoms with Crippen LogP contribution in [0.3, 0.4) is 0 Å². The molecule has 0 aliphatic heterocycles. The van der Waals surface area contributed by atoms with Gasteiger partial charge >= 0.3 is 0 Å². The maximum atomic E-state index is 11.6. The van der Waals surface area contributed by atoms with Gasteiger partial charge in [0, 0.05) is 5.41 Å². The van der Waals surface area contributed by atoms with E-state index in [0.717, 1.165) is 25.0 Å². The van der Waals surface area contributed by atoms with Crippen molar-refractivity contribution >= 4 is 18.5 Å². The summed E-state index contributed by atoms with van der Waals surface area (Å²) in [5.41, 5.74) is 1.91. The molecule has 0 bridgehead atoms. The van der Waals surface area contributed by atoms with Crippen LogP contribution in [0.1, 0.15) is 47.0 Å². The summed E-state index contributed by atoms with van der Waals surface area (Å²) in [6, 6.07) is 0. The molecule has 0 aromatic carbocycles. The Morgan fingerprint density at radius 2 is 1.93 bits per heavy atom. The first kappa shape index (κ1) is 14.8. The lowest BCUT2D eigenvalue weighted by Crippen LogP contribution is -2.43. The summed E-state index contributed by atoms with van der Waals surface area (Å²) in [5.74, 6) is 5.86. The highest BCUT2D eigenvalue weighted by Gasteiger charge is 2.35.